The van der Waals surface area contributed by atoms with Crippen LogP contribution in [0.15, 0.2) is 5.38 Å². The first-order chi connectivity index (χ1) is 5.09. The van der Waals surface area contributed by atoms with Crippen LogP contribution in [0.1, 0.15) is 18.0 Å². The number of hydrogen-bond acceptors (Lipinski definition) is 3. The fourth-order valence-corrected chi connectivity index (χ4v) is 2.14. The minimum atomic E-state index is -0.583. The third-order valence-corrected chi connectivity index (χ3v) is 3.25. The van der Waals surface area contributed by atoms with E-state index < -0.39 is 4.33 Å². The molecule has 1 aliphatic rings. The van der Waals surface area contributed by atoms with Crippen LogP contribution in [0.4, 0.5) is 5.13 Å². The maximum atomic E-state index is 5.84. The normalized spacial score (nSPS) is 26.9. The average Bonchev–Trinajstić information content (AvgIpc) is 2.39. The summed E-state index contributed by atoms with van der Waals surface area (Å²) in [5, 5.41) is 2.49. The summed E-state index contributed by atoms with van der Waals surface area (Å²) in [5.74, 6) is 0.194. The molecule has 1 atom stereocenters. The molecule has 1 heterocycles. The molecule has 0 saturated heterocycles. The number of nitrogen functional groups attached to an aromatic ring is 1. The molecule has 0 radical (unpaired) electrons. The quantitative estimate of drug-likeness (QED) is 0.721. The zero-order chi connectivity index (χ0) is 8.06. The molecule has 0 amide bonds. The Hall–Kier alpha value is 0.01000. The van der Waals surface area contributed by atoms with Gasteiger partial charge in [-0.05, 0) is 6.42 Å². The first kappa shape index (κ1) is 7.65. The van der Waals surface area contributed by atoms with Crippen LogP contribution in [0.25, 0.3) is 0 Å². The maximum Gasteiger partial charge on any atom is 0.180 e. The lowest BCUT2D eigenvalue weighted by Crippen LogP contribution is -1.90. The van der Waals surface area contributed by atoms with Gasteiger partial charge in [0.15, 0.2) is 5.13 Å². The van der Waals surface area contributed by atoms with E-state index >= 15 is 0 Å². The highest BCUT2D eigenvalue weighted by molar-refractivity contribution is 7.13. The molecule has 1 fully saturated rings. The molecule has 1 aromatic rings. The highest BCUT2D eigenvalue weighted by Gasteiger charge is 2.53. The maximum absolute atomic E-state index is 5.84. The third kappa shape index (κ3) is 1.33. The molecule has 11 heavy (non-hydrogen) atoms. The van der Waals surface area contributed by atoms with Crippen molar-refractivity contribution in [2.75, 3.05) is 5.73 Å². The molecule has 5 heteroatoms. The minimum Gasteiger partial charge on any atom is -0.375 e. The van der Waals surface area contributed by atoms with Crippen molar-refractivity contribution in [3.63, 3.8) is 0 Å². The number of alkyl halides is 2. The van der Waals surface area contributed by atoms with Crippen molar-refractivity contribution in [1.82, 2.24) is 4.98 Å². The Morgan fingerprint density at radius 2 is 2.36 bits per heavy atom. The van der Waals surface area contributed by atoms with Crippen molar-refractivity contribution < 1.29 is 0 Å². The van der Waals surface area contributed by atoms with Crippen molar-refractivity contribution >= 4 is 39.7 Å². The summed E-state index contributed by atoms with van der Waals surface area (Å²) in [7, 11) is 0. The minimum absolute atomic E-state index is 0.194. The number of thiazole rings is 1. The standard InChI is InChI=1S/C6H6Cl2N2S/c7-6(8)1-3(6)4-2-11-5(9)10-4/h2-3H,1H2,(H2,9,10). The van der Waals surface area contributed by atoms with Gasteiger partial charge in [-0.25, -0.2) is 4.98 Å². The molecule has 1 saturated carbocycles. The number of anilines is 1. The second kappa shape index (κ2) is 2.25. The Kier molecular flexibility index (Phi) is 1.56. The molecule has 1 aliphatic carbocycles. The summed E-state index contributed by atoms with van der Waals surface area (Å²) in [6.45, 7) is 0. The van der Waals surface area contributed by atoms with Crippen molar-refractivity contribution in [3.05, 3.63) is 11.1 Å². The van der Waals surface area contributed by atoms with Crippen LogP contribution in [0.3, 0.4) is 0 Å². The van der Waals surface area contributed by atoms with Crippen LogP contribution in [0.5, 0.6) is 0 Å². The number of nitrogens with zero attached hydrogens (tertiary/aromatic N) is 1. The van der Waals surface area contributed by atoms with Gasteiger partial charge in [0, 0.05) is 11.3 Å². The molecule has 0 aliphatic heterocycles. The molecule has 2 N–H and O–H groups in total. The molecule has 0 aromatic carbocycles. The highest BCUT2D eigenvalue weighted by atomic mass is 35.5. The van der Waals surface area contributed by atoms with Gasteiger partial charge in [-0.2, -0.15) is 0 Å². The van der Waals surface area contributed by atoms with E-state index in [1.807, 2.05) is 5.38 Å². The Labute approximate surface area is 78.3 Å². The zero-order valence-corrected chi connectivity index (χ0v) is 7.88. The van der Waals surface area contributed by atoms with E-state index in [9.17, 15) is 0 Å². The van der Waals surface area contributed by atoms with Gasteiger partial charge in [0.05, 0.1) is 5.69 Å². The lowest BCUT2D eigenvalue weighted by molar-refractivity contribution is 1.04. The van der Waals surface area contributed by atoms with Gasteiger partial charge in [-0.1, -0.05) is 0 Å². The number of nitrogens with two attached hydrogens (primary N) is 1. The first-order valence-corrected chi connectivity index (χ1v) is 4.82. The number of aromatic nitrogens is 1. The molecule has 1 aromatic heterocycles. The Bertz CT molecular complexity index is 284. The number of rotatable bonds is 1. The lowest BCUT2D eigenvalue weighted by atomic mass is 10.3. The fourth-order valence-electron chi connectivity index (χ4n) is 0.995. The fraction of sp³-hybridized carbons (Fsp3) is 0.500. The van der Waals surface area contributed by atoms with Crippen molar-refractivity contribution in [2.24, 2.45) is 0 Å². The smallest absolute Gasteiger partial charge is 0.180 e. The average molecular weight is 209 g/mol. The zero-order valence-electron chi connectivity index (χ0n) is 5.55. The molecular weight excluding hydrogens is 203 g/mol. The van der Waals surface area contributed by atoms with Crippen LogP contribution in [0, 0.1) is 0 Å². The van der Waals surface area contributed by atoms with Crippen molar-refractivity contribution in [3.8, 4) is 0 Å². The summed E-state index contributed by atoms with van der Waals surface area (Å²) < 4.78 is -0.583. The Morgan fingerprint density at radius 3 is 2.73 bits per heavy atom. The molecular formula is C6H6Cl2N2S. The van der Waals surface area contributed by atoms with E-state index in [0.717, 1.165) is 12.1 Å². The molecule has 60 valence electrons. The summed E-state index contributed by atoms with van der Waals surface area (Å²) >= 11 is 13.1. The highest BCUT2D eigenvalue weighted by Crippen LogP contribution is 2.59. The van der Waals surface area contributed by atoms with E-state index in [0.29, 0.717) is 5.13 Å². The van der Waals surface area contributed by atoms with Crippen LogP contribution in [-0.4, -0.2) is 9.32 Å². The summed E-state index contributed by atoms with van der Waals surface area (Å²) in [6.07, 6.45) is 0.791. The predicted octanol–water partition coefficient (Wildman–Crippen LogP) is 2.39. The van der Waals surface area contributed by atoms with Gasteiger partial charge in [0.25, 0.3) is 0 Å². The number of halogens is 2. The van der Waals surface area contributed by atoms with Gasteiger partial charge >= 0.3 is 0 Å². The van der Waals surface area contributed by atoms with E-state index in [-0.39, 0.29) is 5.92 Å². The van der Waals surface area contributed by atoms with Crippen LogP contribution >= 0.6 is 34.5 Å². The first-order valence-electron chi connectivity index (χ1n) is 3.18. The third-order valence-electron chi connectivity index (χ3n) is 1.72. The number of hydrogen-bond donors (Lipinski definition) is 1. The topological polar surface area (TPSA) is 38.9 Å². The van der Waals surface area contributed by atoms with Gasteiger partial charge in [-0.3, -0.25) is 0 Å². The van der Waals surface area contributed by atoms with Gasteiger partial charge in [0.1, 0.15) is 4.33 Å². The second-order valence-electron chi connectivity index (χ2n) is 2.63. The lowest BCUT2D eigenvalue weighted by Gasteiger charge is -1.92. The molecule has 2 rings (SSSR count). The molecule has 0 bridgehead atoms. The predicted molar refractivity (Wildman–Crippen MR) is 48.3 cm³/mol. The van der Waals surface area contributed by atoms with Crippen LogP contribution in [-0.2, 0) is 0 Å². The molecule has 1 unspecified atom stereocenters. The molecule has 0 spiro atoms. The van der Waals surface area contributed by atoms with Gasteiger partial charge in [0.2, 0.25) is 0 Å². The van der Waals surface area contributed by atoms with Gasteiger partial charge < -0.3 is 5.73 Å². The van der Waals surface area contributed by atoms with Crippen LogP contribution in [0.2, 0.25) is 0 Å². The largest absolute Gasteiger partial charge is 0.375 e. The summed E-state index contributed by atoms with van der Waals surface area (Å²) in [4.78, 5) is 4.10. The monoisotopic (exact) mass is 208 g/mol. The Balaban J connectivity index is 2.20. The van der Waals surface area contributed by atoms with E-state index in [1.54, 1.807) is 0 Å². The Morgan fingerprint density at radius 1 is 1.73 bits per heavy atom. The summed E-state index contributed by atoms with van der Waals surface area (Å²) in [6, 6.07) is 0. The van der Waals surface area contributed by atoms with Crippen molar-refractivity contribution in [1.29, 1.82) is 0 Å². The second-order valence-corrected chi connectivity index (χ2v) is 5.06. The van der Waals surface area contributed by atoms with E-state index in [2.05, 4.69) is 4.98 Å². The van der Waals surface area contributed by atoms with E-state index in [1.165, 1.54) is 11.3 Å². The van der Waals surface area contributed by atoms with Gasteiger partial charge in [-0.15, -0.1) is 34.5 Å². The van der Waals surface area contributed by atoms with Crippen LogP contribution < -0.4 is 5.73 Å². The van der Waals surface area contributed by atoms with Crippen molar-refractivity contribution in [2.45, 2.75) is 16.7 Å². The molecule has 2 nitrogen and oxygen atoms in total. The SMILES string of the molecule is Nc1nc(C2CC2(Cl)Cl)cs1. The summed E-state index contributed by atoms with van der Waals surface area (Å²) in [5.41, 5.74) is 6.38. The van der Waals surface area contributed by atoms with E-state index in [4.69, 9.17) is 28.9 Å².